The van der Waals surface area contributed by atoms with Crippen LogP contribution in [0.25, 0.3) is 22.4 Å². The fraction of sp³-hybridized carbons (Fsp3) is 0.0833. The quantitative estimate of drug-likeness (QED) is 0.640. The zero-order valence-corrected chi connectivity index (χ0v) is 9.56. The summed E-state index contributed by atoms with van der Waals surface area (Å²) in [5.41, 5.74) is 3.16. The standard InChI is InChI=1S/C12H10N4O2/c1-6-10(12(17)18)16-11(15-6)7-2-3-8-9(4-7)14-5-13-8/h2-5H,1H3,(H,13,14)(H,15,16)(H,17,18). The molecule has 0 aliphatic heterocycles. The maximum Gasteiger partial charge on any atom is 0.356 e. The van der Waals surface area contributed by atoms with E-state index in [2.05, 4.69) is 19.9 Å². The monoisotopic (exact) mass is 242 g/mol. The first-order chi connectivity index (χ1) is 8.65. The van der Waals surface area contributed by atoms with Gasteiger partial charge in [0.1, 0.15) is 5.82 Å². The molecule has 3 aromatic rings. The molecule has 3 N–H and O–H groups in total. The lowest BCUT2D eigenvalue weighted by molar-refractivity contribution is 0.0690. The van der Waals surface area contributed by atoms with Gasteiger partial charge in [-0.1, -0.05) is 0 Å². The second kappa shape index (κ2) is 3.69. The van der Waals surface area contributed by atoms with Crippen molar-refractivity contribution >= 4 is 17.0 Å². The van der Waals surface area contributed by atoms with Crippen molar-refractivity contribution in [1.29, 1.82) is 0 Å². The number of aryl methyl sites for hydroxylation is 1. The van der Waals surface area contributed by atoms with Crippen LogP contribution in [0.2, 0.25) is 0 Å². The van der Waals surface area contributed by atoms with Crippen molar-refractivity contribution in [2.24, 2.45) is 0 Å². The summed E-state index contributed by atoms with van der Waals surface area (Å²) in [6.45, 7) is 1.69. The third-order valence-corrected chi connectivity index (χ3v) is 2.78. The summed E-state index contributed by atoms with van der Waals surface area (Å²) < 4.78 is 0. The number of nitrogens with zero attached hydrogens (tertiary/aromatic N) is 2. The lowest BCUT2D eigenvalue weighted by Gasteiger charge is -1.96. The van der Waals surface area contributed by atoms with Gasteiger partial charge in [-0.25, -0.2) is 14.8 Å². The number of aromatic nitrogens is 4. The van der Waals surface area contributed by atoms with Crippen LogP contribution in [0.4, 0.5) is 0 Å². The molecule has 0 radical (unpaired) electrons. The van der Waals surface area contributed by atoms with Crippen molar-refractivity contribution in [1.82, 2.24) is 19.9 Å². The first-order valence-electron chi connectivity index (χ1n) is 5.38. The Labute approximate surface area is 102 Å². The van der Waals surface area contributed by atoms with Gasteiger partial charge in [0.25, 0.3) is 0 Å². The van der Waals surface area contributed by atoms with Crippen LogP contribution in [0.5, 0.6) is 0 Å². The molecule has 1 aromatic carbocycles. The first-order valence-corrected chi connectivity index (χ1v) is 5.38. The highest BCUT2D eigenvalue weighted by Crippen LogP contribution is 2.21. The molecular formula is C12H10N4O2. The van der Waals surface area contributed by atoms with Gasteiger partial charge in [-0.2, -0.15) is 0 Å². The average molecular weight is 242 g/mol. The van der Waals surface area contributed by atoms with E-state index in [9.17, 15) is 4.79 Å². The van der Waals surface area contributed by atoms with E-state index in [0.717, 1.165) is 16.6 Å². The number of aromatic amines is 2. The fourth-order valence-electron chi connectivity index (χ4n) is 1.89. The van der Waals surface area contributed by atoms with E-state index in [0.29, 0.717) is 11.5 Å². The minimum absolute atomic E-state index is 0.0507. The molecule has 0 fully saturated rings. The van der Waals surface area contributed by atoms with E-state index in [1.54, 1.807) is 13.3 Å². The molecule has 0 amide bonds. The number of carboxylic acids is 1. The molecule has 2 heterocycles. The summed E-state index contributed by atoms with van der Waals surface area (Å²) in [6.07, 6.45) is 1.62. The van der Waals surface area contributed by atoms with Crippen LogP contribution in [0.3, 0.4) is 0 Å². The summed E-state index contributed by atoms with van der Waals surface area (Å²) in [7, 11) is 0. The summed E-state index contributed by atoms with van der Waals surface area (Å²) in [6, 6.07) is 5.60. The molecule has 3 rings (SSSR count). The molecule has 0 atom stereocenters. The van der Waals surface area contributed by atoms with E-state index in [1.165, 1.54) is 0 Å². The average Bonchev–Trinajstić information content (AvgIpc) is 2.93. The number of hydrogen-bond donors (Lipinski definition) is 3. The van der Waals surface area contributed by atoms with Gasteiger partial charge in [0.05, 0.1) is 17.4 Å². The van der Waals surface area contributed by atoms with E-state index in [-0.39, 0.29) is 5.69 Å². The normalized spacial score (nSPS) is 10.9. The number of carbonyl (C=O) groups is 1. The van der Waals surface area contributed by atoms with Crippen LogP contribution in [-0.4, -0.2) is 31.0 Å². The van der Waals surface area contributed by atoms with Gasteiger partial charge in [0, 0.05) is 11.3 Å². The van der Waals surface area contributed by atoms with E-state index in [1.807, 2.05) is 18.2 Å². The maximum atomic E-state index is 10.9. The Kier molecular flexibility index (Phi) is 2.16. The second-order valence-electron chi connectivity index (χ2n) is 4.00. The molecule has 0 aliphatic rings. The predicted octanol–water partition coefficient (Wildman–Crippen LogP) is 1.96. The van der Waals surface area contributed by atoms with Gasteiger partial charge in [-0.3, -0.25) is 0 Å². The summed E-state index contributed by atoms with van der Waals surface area (Å²) in [5.74, 6) is -0.487. The molecule has 0 aliphatic carbocycles. The smallest absolute Gasteiger partial charge is 0.356 e. The largest absolute Gasteiger partial charge is 0.476 e. The molecule has 90 valence electrons. The first kappa shape index (κ1) is 10.5. The number of aromatic carboxylic acids is 1. The van der Waals surface area contributed by atoms with Crippen LogP contribution in [0, 0.1) is 6.92 Å². The molecule has 6 heteroatoms. The SMILES string of the molecule is Cc1[nH]c(-c2ccc3nc[nH]c3c2)nc1C(=O)O. The Balaban J connectivity index is 2.13. The van der Waals surface area contributed by atoms with Crippen LogP contribution >= 0.6 is 0 Å². The Morgan fingerprint density at radius 1 is 1.39 bits per heavy atom. The topological polar surface area (TPSA) is 94.7 Å². The highest BCUT2D eigenvalue weighted by molar-refractivity contribution is 5.88. The molecule has 0 unspecified atom stereocenters. The molecule has 0 spiro atoms. The van der Waals surface area contributed by atoms with Gasteiger partial charge in [0.15, 0.2) is 5.69 Å². The molecule has 0 bridgehead atoms. The van der Waals surface area contributed by atoms with Gasteiger partial charge in [-0.05, 0) is 25.1 Å². The number of fused-ring (bicyclic) bond motifs is 1. The van der Waals surface area contributed by atoms with E-state index >= 15 is 0 Å². The molecule has 18 heavy (non-hydrogen) atoms. The van der Waals surface area contributed by atoms with Crippen molar-refractivity contribution in [3.8, 4) is 11.4 Å². The van der Waals surface area contributed by atoms with Gasteiger partial charge in [-0.15, -0.1) is 0 Å². The van der Waals surface area contributed by atoms with Crippen molar-refractivity contribution in [3.63, 3.8) is 0 Å². The maximum absolute atomic E-state index is 10.9. The lowest BCUT2D eigenvalue weighted by atomic mass is 10.2. The number of carboxylic acid groups (broad SMARTS) is 1. The molecule has 0 saturated carbocycles. The van der Waals surface area contributed by atoms with Crippen LogP contribution in [0.1, 0.15) is 16.2 Å². The zero-order chi connectivity index (χ0) is 12.7. The minimum Gasteiger partial charge on any atom is -0.476 e. The van der Waals surface area contributed by atoms with E-state index in [4.69, 9.17) is 5.11 Å². The van der Waals surface area contributed by atoms with Gasteiger partial charge < -0.3 is 15.1 Å². The van der Waals surface area contributed by atoms with E-state index < -0.39 is 5.97 Å². The fourth-order valence-corrected chi connectivity index (χ4v) is 1.89. The van der Waals surface area contributed by atoms with Gasteiger partial charge in [0.2, 0.25) is 0 Å². The minimum atomic E-state index is -1.03. The Morgan fingerprint density at radius 2 is 2.22 bits per heavy atom. The number of nitrogens with one attached hydrogen (secondary N) is 2. The van der Waals surface area contributed by atoms with Crippen LogP contribution in [0.15, 0.2) is 24.5 Å². The van der Waals surface area contributed by atoms with Crippen LogP contribution < -0.4 is 0 Å². The predicted molar refractivity (Wildman–Crippen MR) is 65.4 cm³/mol. The zero-order valence-electron chi connectivity index (χ0n) is 9.56. The summed E-state index contributed by atoms with van der Waals surface area (Å²) >= 11 is 0. The Bertz CT molecular complexity index is 741. The van der Waals surface area contributed by atoms with Crippen LogP contribution in [-0.2, 0) is 0 Å². The Hall–Kier alpha value is -2.63. The Morgan fingerprint density at radius 3 is 2.94 bits per heavy atom. The van der Waals surface area contributed by atoms with Crippen molar-refractivity contribution in [2.75, 3.05) is 0 Å². The molecule has 6 nitrogen and oxygen atoms in total. The van der Waals surface area contributed by atoms with Crippen molar-refractivity contribution < 1.29 is 9.90 Å². The summed E-state index contributed by atoms with van der Waals surface area (Å²) in [4.78, 5) is 25.1. The number of H-pyrrole nitrogens is 2. The second-order valence-corrected chi connectivity index (χ2v) is 4.00. The van der Waals surface area contributed by atoms with Crippen molar-refractivity contribution in [3.05, 3.63) is 35.9 Å². The highest BCUT2D eigenvalue weighted by Gasteiger charge is 2.14. The molecular weight excluding hydrogens is 232 g/mol. The number of hydrogen-bond acceptors (Lipinski definition) is 3. The third-order valence-electron chi connectivity index (χ3n) is 2.78. The van der Waals surface area contributed by atoms with Gasteiger partial charge >= 0.3 is 5.97 Å². The number of rotatable bonds is 2. The summed E-state index contributed by atoms with van der Waals surface area (Å²) in [5, 5.41) is 8.97. The lowest BCUT2D eigenvalue weighted by Crippen LogP contribution is -1.98. The molecule has 2 aromatic heterocycles. The van der Waals surface area contributed by atoms with Crippen molar-refractivity contribution in [2.45, 2.75) is 6.92 Å². The third kappa shape index (κ3) is 1.55. The number of benzene rings is 1. The molecule has 0 saturated heterocycles. The number of imidazole rings is 2. The highest BCUT2D eigenvalue weighted by atomic mass is 16.4.